The number of carbonyl (C=O) groups is 1. The van der Waals surface area contributed by atoms with E-state index in [1.165, 1.54) is 12.3 Å². The number of aromatic amines is 1. The normalized spacial score (nSPS) is 10.8. The maximum atomic E-state index is 12.0. The lowest BCUT2D eigenvalue weighted by molar-refractivity contribution is 0.0699. The third kappa shape index (κ3) is 1.86. The van der Waals surface area contributed by atoms with Crippen LogP contribution in [0.2, 0.25) is 5.02 Å². The molecule has 2 aromatic heterocycles. The van der Waals surface area contributed by atoms with Crippen LogP contribution in [0.25, 0.3) is 16.9 Å². The van der Waals surface area contributed by atoms with E-state index < -0.39 is 11.5 Å². The first-order chi connectivity index (χ1) is 9.58. The zero-order chi connectivity index (χ0) is 14.3. The molecule has 0 aliphatic heterocycles. The smallest absolute Gasteiger partial charge is 0.341 e. The molecule has 0 atom stereocenters. The van der Waals surface area contributed by atoms with Crippen LogP contribution in [0.3, 0.4) is 0 Å². The molecule has 0 fully saturated rings. The molecule has 7 heteroatoms. The predicted octanol–water partition coefficient (Wildman–Crippen LogP) is 2.04. The Bertz CT molecular complexity index is 882. The number of nitrogens with zero attached hydrogens (tertiary/aromatic N) is 2. The molecule has 0 aliphatic carbocycles. The molecule has 0 aliphatic rings. The average molecular weight is 290 g/mol. The molecule has 0 saturated carbocycles. The van der Waals surface area contributed by atoms with E-state index in [0.717, 1.165) is 4.52 Å². The lowest BCUT2D eigenvalue weighted by Gasteiger charge is -2.03. The van der Waals surface area contributed by atoms with Gasteiger partial charge in [-0.1, -0.05) is 29.8 Å². The van der Waals surface area contributed by atoms with E-state index in [4.69, 9.17) is 16.7 Å². The number of nitrogens with one attached hydrogen (secondary N) is 1. The maximum Gasteiger partial charge on any atom is 0.341 e. The molecule has 3 aromatic rings. The zero-order valence-corrected chi connectivity index (χ0v) is 10.8. The van der Waals surface area contributed by atoms with Crippen molar-refractivity contribution in [1.29, 1.82) is 0 Å². The van der Waals surface area contributed by atoms with Gasteiger partial charge in [0.15, 0.2) is 5.65 Å². The fourth-order valence-electron chi connectivity index (χ4n) is 1.95. The Morgan fingerprint density at radius 2 is 2.10 bits per heavy atom. The number of fused-ring (bicyclic) bond motifs is 1. The van der Waals surface area contributed by atoms with Crippen molar-refractivity contribution in [3.63, 3.8) is 0 Å². The highest BCUT2D eigenvalue weighted by atomic mass is 35.5. The fraction of sp³-hybridized carbons (Fsp3) is 0. The Hall–Kier alpha value is -2.60. The number of rotatable bonds is 2. The highest BCUT2D eigenvalue weighted by molar-refractivity contribution is 6.33. The van der Waals surface area contributed by atoms with E-state index >= 15 is 0 Å². The van der Waals surface area contributed by atoms with Crippen LogP contribution in [0, 0.1) is 0 Å². The van der Waals surface area contributed by atoms with Crippen molar-refractivity contribution >= 4 is 23.2 Å². The molecule has 3 rings (SSSR count). The van der Waals surface area contributed by atoms with Crippen molar-refractivity contribution in [2.45, 2.75) is 0 Å². The molecule has 6 nitrogen and oxygen atoms in total. The Labute approximate surface area is 117 Å². The first-order valence-corrected chi connectivity index (χ1v) is 6.05. The van der Waals surface area contributed by atoms with Gasteiger partial charge in [-0.2, -0.15) is 0 Å². The van der Waals surface area contributed by atoms with Gasteiger partial charge in [-0.25, -0.2) is 14.3 Å². The second-order valence-corrected chi connectivity index (χ2v) is 4.52. The number of halogens is 1. The molecule has 0 amide bonds. The largest absolute Gasteiger partial charge is 0.477 e. The Balaban J connectivity index is 2.34. The monoisotopic (exact) mass is 289 g/mol. The average Bonchev–Trinajstić information content (AvgIpc) is 2.83. The summed E-state index contributed by atoms with van der Waals surface area (Å²) in [4.78, 5) is 27.3. The lowest BCUT2D eigenvalue weighted by Crippen LogP contribution is -2.15. The van der Waals surface area contributed by atoms with E-state index in [0.29, 0.717) is 16.3 Å². The number of H-pyrrole nitrogens is 1. The summed E-state index contributed by atoms with van der Waals surface area (Å²) in [6, 6.07) is 8.22. The Morgan fingerprint density at radius 3 is 2.80 bits per heavy atom. The summed E-state index contributed by atoms with van der Waals surface area (Å²) in [7, 11) is 0. The SMILES string of the molecule is O=C(O)c1c[nH]n2c(=O)cc(-c3ccccc3Cl)nc12. The second-order valence-electron chi connectivity index (χ2n) is 4.11. The van der Waals surface area contributed by atoms with E-state index in [-0.39, 0.29) is 11.2 Å². The summed E-state index contributed by atoms with van der Waals surface area (Å²) < 4.78 is 1.07. The molecule has 20 heavy (non-hydrogen) atoms. The molecule has 0 spiro atoms. The molecule has 2 N–H and O–H groups in total. The zero-order valence-electron chi connectivity index (χ0n) is 10.0. The van der Waals surface area contributed by atoms with Crippen LogP contribution in [0.1, 0.15) is 10.4 Å². The Kier molecular flexibility index (Phi) is 2.80. The van der Waals surface area contributed by atoms with Crippen molar-refractivity contribution in [1.82, 2.24) is 14.6 Å². The summed E-state index contributed by atoms with van der Waals surface area (Å²) in [6.45, 7) is 0. The molecule has 0 bridgehead atoms. The highest BCUT2D eigenvalue weighted by Crippen LogP contribution is 2.25. The first kappa shape index (κ1) is 12.4. The van der Waals surface area contributed by atoms with E-state index in [2.05, 4.69) is 10.1 Å². The Morgan fingerprint density at radius 1 is 1.35 bits per heavy atom. The van der Waals surface area contributed by atoms with Gasteiger partial charge in [-0.3, -0.25) is 9.89 Å². The molecule has 0 radical (unpaired) electrons. The molecule has 0 saturated heterocycles. The molecule has 2 heterocycles. The number of aromatic nitrogens is 3. The summed E-state index contributed by atoms with van der Waals surface area (Å²) >= 11 is 6.07. The summed E-state index contributed by atoms with van der Waals surface area (Å²) in [5, 5.41) is 12.1. The number of carboxylic acids is 1. The van der Waals surface area contributed by atoms with Crippen LogP contribution in [0.15, 0.2) is 41.3 Å². The van der Waals surface area contributed by atoms with Crippen LogP contribution < -0.4 is 5.56 Å². The minimum atomic E-state index is -1.16. The minimum Gasteiger partial charge on any atom is -0.477 e. The van der Waals surface area contributed by atoms with Crippen LogP contribution >= 0.6 is 11.6 Å². The van der Waals surface area contributed by atoms with E-state index in [1.807, 2.05) is 0 Å². The standard InChI is InChI=1S/C13H8ClN3O3/c14-9-4-2-1-3-7(9)10-5-11(18)17-12(16-10)8(6-15-17)13(19)20/h1-6,15H,(H,19,20). The summed E-state index contributed by atoms with van der Waals surface area (Å²) in [5.74, 6) is -1.16. The highest BCUT2D eigenvalue weighted by Gasteiger charge is 2.15. The third-order valence-corrected chi connectivity index (χ3v) is 3.21. The quantitative estimate of drug-likeness (QED) is 0.756. The van der Waals surface area contributed by atoms with Gasteiger partial charge in [0, 0.05) is 22.8 Å². The van der Waals surface area contributed by atoms with Crippen molar-refractivity contribution in [2.75, 3.05) is 0 Å². The van der Waals surface area contributed by atoms with Crippen molar-refractivity contribution in [3.05, 3.63) is 57.5 Å². The number of hydrogen-bond acceptors (Lipinski definition) is 3. The van der Waals surface area contributed by atoms with E-state index in [9.17, 15) is 9.59 Å². The van der Waals surface area contributed by atoms with Crippen molar-refractivity contribution in [2.24, 2.45) is 0 Å². The van der Waals surface area contributed by atoms with Gasteiger partial charge >= 0.3 is 5.97 Å². The van der Waals surface area contributed by atoms with E-state index in [1.54, 1.807) is 24.3 Å². The lowest BCUT2D eigenvalue weighted by atomic mass is 10.1. The molecule has 0 unspecified atom stereocenters. The number of aromatic carboxylic acids is 1. The van der Waals surface area contributed by atoms with Gasteiger partial charge in [0.2, 0.25) is 0 Å². The predicted molar refractivity (Wildman–Crippen MR) is 73.2 cm³/mol. The third-order valence-electron chi connectivity index (χ3n) is 2.88. The van der Waals surface area contributed by atoms with Gasteiger partial charge in [-0.05, 0) is 6.07 Å². The van der Waals surface area contributed by atoms with Crippen LogP contribution in [0.5, 0.6) is 0 Å². The summed E-state index contributed by atoms with van der Waals surface area (Å²) in [6.07, 6.45) is 1.22. The number of benzene rings is 1. The van der Waals surface area contributed by atoms with Crippen molar-refractivity contribution < 1.29 is 9.90 Å². The maximum absolute atomic E-state index is 12.0. The molecule has 1 aromatic carbocycles. The van der Waals surface area contributed by atoms with Gasteiger partial charge < -0.3 is 5.11 Å². The van der Waals surface area contributed by atoms with Crippen LogP contribution in [-0.2, 0) is 0 Å². The van der Waals surface area contributed by atoms with Gasteiger partial charge in [0.1, 0.15) is 5.56 Å². The first-order valence-electron chi connectivity index (χ1n) is 5.67. The topological polar surface area (TPSA) is 87.5 Å². The van der Waals surface area contributed by atoms with Gasteiger partial charge in [-0.15, -0.1) is 0 Å². The number of hydrogen-bond donors (Lipinski definition) is 2. The number of carboxylic acid groups (broad SMARTS) is 1. The van der Waals surface area contributed by atoms with Crippen LogP contribution in [-0.4, -0.2) is 25.7 Å². The second kappa shape index (κ2) is 4.50. The molecular formula is C13H8ClN3O3. The molecule has 100 valence electrons. The van der Waals surface area contributed by atoms with Crippen LogP contribution in [0.4, 0.5) is 0 Å². The van der Waals surface area contributed by atoms with Gasteiger partial charge in [0.05, 0.1) is 5.69 Å². The minimum absolute atomic E-state index is 0.0555. The fourth-order valence-corrected chi connectivity index (χ4v) is 2.18. The van der Waals surface area contributed by atoms with Gasteiger partial charge in [0.25, 0.3) is 5.56 Å². The summed E-state index contributed by atoms with van der Waals surface area (Å²) in [5.41, 5.74) is 0.488. The molecular weight excluding hydrogens is 282 g/mol. The van der Waals surface area contributed by atoms with Crippen molar-refractivity contribution in [3.8, 4) is 11.3 Å².